The number of ether oxygens (including phenoxy) is 1. The van der Waals surface area contributed by atoms with E-state index in [4.69, 9.17) is 9.15 Å². The molecule has 1 aliphatic rings. The SMILES string of the molecule is COc1cccc(C2C(C(=O)c3cc4ccccc4o3)=C([O-])C(=O)N2CCC[n+]2cc[nH]c2)c1. The van der Waals surface area contributed by atoms with Crippen LogP contribution in [0.15, 0.2) is 89.1 Å². The first-order valence-corrected chi connectivity index (χ1v) is 11.0. The van der Waals surface area contributed by atoms with Crippen LogP contribution in [-0.2, 0) is 11.3 Å². The van der Waals surface area contributed by atoms with Crippen molar-refractivity contribution in [2.45, 2.75) is 19.0 Å². The van der Waals surface area contributed by atoms with Gasteiger partial charge in [-0.15, -0.1) is 0 Å². The number of aryl methyl sites for hydroxylation is 1. The average molecular weight is 457 g/mol. The molecule has 2 aromatic carbocycles. The highest BCUT2D eigenvalue weighted by Crippen LogP contribution is 2.39. The monoisotopic (exact) mass is 457 g/mol. The predicted molar refractivity (Wildman–Crippen MR) is 121 cm³/mol. The van der Waals surface area contributed by atoms with Crippen LogP contribution in [0.3, 0.4) is 0 Å². The number of hydrogen-bond donors (Lipinski definition) is 1. The van der Waals surface area contributed by atoms with Crippen LogP contribution in [0.4, 0.5) is 0 Å². The summed E-state index contributed by atoms with van der Waals surface area (Å²) < 4.78 is 13.0. The smallest absolute Gasteiger partial charge is 0.241 e. The molecule has 0 fully saturated rings. The molecule has 3 heterocycles. The zero-order valence-corrected chi connectivity index (χ0v) is 18.6. The van der Waals surface area contributed by atoms with Gasteiger partial charge >= 0.3 is 0 Å². The van der Waals surface area contributed by atoms with Crippen LogP contribution in [0, 0.1) is 0 Å². The molecule has 0 saturated heterocycles. The van der Waals surface area contributed by atoms with E-state index in [0.29, 0.717) is 36.4 Å². The number of carbonyl (C=O) groups excluding carboxylic acids is 2. The van der Waals surface area contributed by atoms with Crippen LogP contribution in [-0.4, -0.2) is 35.2 Å². The number of imidazole rings is 1. The largest absolute Gasteiger partial charge is 0.868 e. The Morgan fingerprint density at radius 1 is 1.21 bits per heavy atom. The number of carbonyl (C=O) groups is 2. The molecule has 1 atom stereocenters. The highest BCUT2D eigenvalue weighted by atomic mass is 16.5. The standard InChI is InChI=1S/C26H23N3O5/c1-33-19-8-4-7-18(14-19)23-22(24(30)21-15-17-6-2-3-9-20(17)34-21)25(31)26(32)29(23)12-5-11-28-13-10-27-16-28/h2-4,6-10,13-16,23H,5,11-12H2,1H3,(H,30,31). The fraction of sp³-hybridized carbons (Fsp3) is 0.192. The van der Waals surface area contributed by atoms with Gasteiger partial charge in [0.2, 0.25) is 18.0 Å². The van der Waals surface area contributed by atoms with Crippen LogP contribution in [0.1, 0.15) is 28.6 Å². The number of Topliss-reactive ketones (excluding diaryl/α,β-unsaturated/α-hetero) is 1. The molecule has 0 radical (unpaired) electrons. The van der Waals surface area contributed by atoms with Gasteiger partial charge in [-0.05, 0) is 35.6 Å². The number of hydrogen-bond acceptors (Lipinski definition) is 5. The lowest BCUT2D eigenvalue weighted by atomic mass is 9.94. The first kappa shape index (κ1) is 21.5. The van der Waals surface area contributed by atoms with Gasteiger partial charge in [0.1, 0.15) is 23.7 Å². The molecule has 0 spiro atoms. The van der Waals surface area contributed by atoms with Gasteiger partial charge in [0.05, 0.1) is 19.7 Å². The minimum Gasteiger partial charge on any atom is -0.868 e. The minimum atomic E-state index is -0.827. The predicted octanol–water partition coefficient (Wildman–Crippen LogP) is 2.53. The second-order valence-corrected chi connectivity index (χ2v) is 8.10. The Hall–Kier alpha value is -4.33. The molecule has 1 unspecified atom stereocenters. The third-order valence-corrected chi connectivity index (χ3v) is 6.01. The molecule has 1 aliphatic heterocycles. The molecular formula is C26H23N3O5. The quantitative estimate of drug-likeness (QED) is 0.324. The summed E-state index contributed by atoms with van der Waals surface area (Å²) >= 11 is 0. The molecule has 8 heteroatoms. The molecule has 4 aromatic rings. The van der Waals surface area contributed by atoms with Gasteiger partial charge in [-0.2, -0.15) is 0 Å². The first-order valence-electron chi connectivity index (χ1n) is 11.0. The third kappa shape index (κ3) is 3.83. The zero-order valence-electron chi connectivity index (χ0n) is 18.6. The van der Waals surface area contributed by atoms with E-state index in [1.54, 1.807) is 49.6 Å². The fourth-order valence-electron chi connectivity index (χ4n) is 4.37. The average Bonchev–Trinajstić information content (AvgIpc) is 3.59. The second-order valence-electron chi connectivity index (χ2n) is 8.10. The van der Waals surface area contributed by atoms with Crippen molar-refractivity contribution in [1.29, 1.82) is 0 Å². The maximum Gasteiger partial charge on any atom is 0.241 e. The Morgan fingerprint density at radius 3 is 2.82 bits per heavy atom. The number of aromatic amines is 1. The molecular weight excluding hydrogens is 434 g/mol. The normalized spacial score (nSPS) is 16.0. The highest BCUT2D eigenvalue weighted by Gasteiger charge is 2.40. The summed E-state index contributed by atoms with van der Waals surface area (Å²) in [7, 11) is 1.54. The summed E-state index contributed by atoms with van der Waals surface area (Å²) in [4.78, 5) is 31.1. The topological polar surface area (TPSA) is 102 Å². The van der Waals surface area contributed by atoms with Crippen molar-refractivity contribution in [3.63, 3.8) is 0 Å². The van der Waals surface area contributed by atoms with Crippen molar-refractivity contribution < 1.29 is 28.4 Å². The third-order valence-electron chi connectivity index (χ3n) is 6.01. The summed E-state index contributed by atoms with van der Waals surface area (Å²) in [5.74, 6) is -1.46. The van der Waals surface area contributed by atoms with Gasteiger partial charge in [-0.3, -0.25) is 14.6 Å². The molecule has 1 N–H and O–H groups in total. The molecule has 0 saturated carbocycles. The molecule has 0 aliphatic carbocycles. The van der Waals surface area contributed by atoms with Gasteiger partial charge in [-0.25, -0.2) is 4.57 Å². The van der Waals surface area contributed by atoms with Crippen molar-refractivity contribution in [1.82, 2.24) is 9.88 Å². The number of benzene rings is 2. The number of amides is 1. The number of nitrogens with one attached hydrogen (secondary N) is 1. The number of rotatable bonds is 8. The van der Waals surface area contributed by atoms with E-state index in [2.05, 4.69) is 4.98 Å². The number of H-pyrrole nitrogens is 1. The van der Waals surface area contributed by atoms with Crippen LogP contribution in [0.5, 0.6) is 5.75 Å². The van der Waals surface area contributed by atoms with Crippen molar-refractivity contribution >= 4 is 22.7 Å². The first-order chi connectivity index (χ1) is 16.6. The van der Waals surface area contributed by atoms with Gasteiger partial charge in [0, 0.05) is 23.9 Å². The lowest BCUT2D eigenvalue weighted by Gasteiger charge is -2.27. The fourth-order valence-corrected chi connectivity index (χ4v) is 4.37. The summed E-state index contributed by atoms with van der Waals surface area (Å²) in [6.45, 7) is 0.959. The second kappa shape index (κ2) is 8.90. The molecule has 34 heavy (non-hydrogen) atoms. The zero-order chi connectivity index (χ0) is 23.7. The number of para-hydroxylation sites is 1. The van der Waals surface area contributed by atoms with Gasteiger partial charge in [-0.1, -0.05) is 30.3 Å². The van der Waals surface area contributed by atoms with E-state index in [-0.39, 0.29) is 11.3 Å². The van der Waals surface area contributed by atoms with Crippen molar-refractivity contribution in [3.8, 4) is 5.75 Å². The Kier molecular flexibility index (Phi) is 5.63. The number of ketones is 1. The van der Waals surface area contributed by atoms with Crippen LogP contribution in [0.25, 0.3) is 11.0 Å². The lowest BCUT2D eigenvalue weighted by molar-refractivity contribution is -0.695. The van der Waals surface area contributed by atoms with E-state index < -0.39 is 23.5 Å². The molecule has 5 rings (SSSR count). The number of fused-ring (bicyclic) bond motifs is 1. The van der Waals surface area contributed by atoms with Crippen LogP contribution in [0.2, 0.25) is 0 Å². The maximum absolute atomic E-state index is 13.5. The Morgan fingerprint density at radius 2 is 2.06 bits per heavy atom. The van der Waals surface area contributed by atoms with E-state index in [1.165, 1.54) is 4.90 Å². The van der Waals surface area contributed by atoms with Crippen molar-refractivity contribution in [3.05, 3.63) is 96.0 Å². The van der Waals surface area contributed by atoms with Gasteiger partial charge < -0.3 is 19.2 Å². The Balaban J connectivity index is 1.51. The summed E-state index contributed by atoms with van der Waals surface area (Å²) in [6, 6.07) is 15.1. The van der Waals surface area contributed by atoms with Crippen LogP contribution < -0.4 is 14.4 Å². The molecule has 1 amide bonds. The number of methoxy groups -OCH3 is 1. The molecule has 2 aromatic heterocycles. The Bertz CT molecular complexity index is 1350. The van der Waals surface area contributed by atoms with Gasteiger partial charge in [0.25, 0.3) is 0 Å². The number of aromatic nitrogens is 2. The van der Waals surface area contributed by atoms with Gasteiger partial charge in [0.15, 0.2) is 5.76 Å². The Labute approximate surface area is 195 Å². The van der Waals surface area contributed by atoms with E-state index in [9.17, 15) is 14.7 Å². The summed E-state index contributed by atoms with van der Waals surface area (Å²) in [6.07, 6.45) is 6.12. The molecule has 8 nitrogen and oxygen atoms in total. The van der Waals surface area contributed by atoms with E-state index in [1.807, 2.05) is 35.4 Å². The van der Waals surface area contributed by atoms with Crippen molar-refractivity contribution in [2.24, 2.45) is 0 Å². The molecule has 172 valence electrons. The van der Waals surface area contributed by atoms with E-state index in [0.717, 1.165) is 5.39 Å². The summed E-state index contributed by atoms with van der Waals surface area (Å²) in [5.41, 5.74) is 1.07. The van der Waals surface area contributed by atoms with E-state index >= 15 is 0 Å². The number of furan rings is 1. The maximum atomic E-state index is 13.5. The van der Waals surface area contributed by atoms with Crippen LogP contribution >= 0.6 is 0 Å². The number of nitrogens with zero attached hydrogens (tertiary/aromatic N) is 2. The molecule has 0 bridgehead atoms. The highest BCUT2D eigenvalue weighted by molar-refractivity contribution is 6.15. The summed E-state index contributed by atoms with van der Waals surface area (Å²) in [5, 5.41) is 13.9. The minimum absolute atomic E-state index is 0.0370. The lowest BCUT2D eigenvalue weighted by Crippen LogP contribution is -2.37. The van der Waals surface area contributed by atoms with Crippen molar-refractivity contribution in [2.75, 3.05) is 13.7 Å².